The van der Waals surface area contributed by atoms with Crippen LogP contribution in [0.5, 0.6) is 5.75 Å². The van der Waals surface area contributed by atoms with Gasteiger partial charge in [-0.2, -0.15) is 0 Å². The Labute approximate surface area is 155 Å². The minimum absolute atomic E-state index is 0.0599. The standard InChI is InChI=1S/C18H21BrClNO3/c19-17-11-15(12-21-7-9-23-10-8-22)3-6-18(17)24-13-14-1-4-16(20)5-2-14/h1-6,11,21-22H,7-10,12-13H2. The van der Waals surface area contributed by atoms with Crippen LogP contribution in [-0.4, -0.2) is 31.5 Å². The van der Waals surface area contributed by atoms with E-state index in [0.29, 0.717) is 19.8 Å². The molecule has 24 heavy (non-hydrogen) atoms. The Kier molecular flexibility index (Phi) is 8.56. The summed E-state index contributed by atoms with van der Waals surface area (Å²) < 4.78 is 12.0. The zero-order valence-corrected chi connectivity index (χ0v) is 15.6. The van der Waals surface area contributed by atoms with Crippen LogP contribution < -0.4 is 10.1 Å². The first kappa shape index (κ1) is 19.2. The molecular formula is C18H21BrClNO3. The number of hydrogen-bond donors (Lipinski definition) is 2. The number of aliphatic hydroxyl groups is 1. The fourth-order valence-electron chi connectivity index (χ4n) is 2.06. The van der Waals surface area contributed by atoms with E-state index in [9.17, 15) is 0 Å². The topological polar surface area (TPSA) is 50.7 Å². The van der Waals surface area contributed by atoms with Gasteiger partial charge in [-0.1, -0.05) is 29.8 Å². The lowest BCUT2D eigenvalue weighted by Crippen LogP contribution is -2.20. The molecule has 0 radical (unpaired) electrons. The van der Waals surface area contributed by atoms with E-state index in [1.165, 1.54) is 0 Å². The highest BCUT2D eigenvalue weighted by molar-refractivity contribution is 9.10. The molecule has 0 heterocycles. The third-order valence-electron chi connectivity index (χ3n) is 3.29. The van der Waals surface area contributed by atoms with Gasteiger partial charge in [0.1, 0.15) is 12.4 Å². The smallest absolute Gasteiger partial charge is 0.134 e. The lowest BCUT2D eigenvalue weighted by molar-refractivity contribution is 0.0938. The summed E-state index contributed by atoms with van der Waals surface area (Å²) in [6.07, 6.45) is 0. The van der Waals surface area contributed by atoms with Crippen molar-refractivity contribution in [2.45, 2.75) is 13.2 Å². The molecule has 2 aromatic rings. The van der Waals surface area contributed by atoms with Crippen molar-refractivity contribution >= 4 is 27.5 Å². The van der Waals surface area contributed by atoms with Gasteiger partial charge in [0, 0.05) is 18.1 Å². The Hall–Kier alpha value is -1.11. The summed E-state index contributed by atoms with van der Waals surface area (Å²) in [7, 11) is 0. The Morgan fingerprint density at radius 3 is 2.50 bits per heavy atom. The maximum absolute atomic E-state index is 8.62. The molecule has 2 aromatic carbocycles. The SMILES string of the molecule is OCCOCCNCc1ccc(OCc2ccc(Cl)cc2)c(Br)c1. The highest BCUT2D eigenvalue weighted by Gasteiger charge is 2.04. The maximum atomic E-state index is 8.62. The van der Waals surface area contributed by atoms with Crippen LogP contribution in [0, 0.1) is 0 Å². The van der Waals surface area contributed by atoms with E-state index in [4.69, 9.17) is 26.2 Å². The van der Waals surface area contributed by atoms with Crippen LogP contribution in [0.3, 0.4) is 0 Å². The van der Waals surface area contributed by atoms with E-state index < -0.39 is 0 Å². The van der Waals surface area contributed by atoms with E-state index in [1.807, 2.05) is 42.5 Å². The molecule has 0 aliphatic carbocycles. The molecule has 0 unspecified atom stereocenters. The monoisotopic (exact) mass is 413 g/mol. The zero-order valence-electron chi connectivity index (χ0n) is 13.3. The first-order valence-electron chi connectivity index (χ1n) is 7.74. The number of hydrogen-bond acceptors (Lipinski definition) is 4. The van der Waals surface area contributed by atoms with Gasteiger partial charge in [-0.15, -0.1) is 0 Å². The number of rotatable bonds is 10. The van der Waals surface area contributed by atoms with E-state index in [1.54, 1.807) is 0 Å². The van der Waals surface area contributed by atoms with E-state index in [2.05, 4.69) is 21.2 Å². The van der Waals surface area contributed by atoms with Crippen molar-refractivity contribution in [3.05, 3.63) is 63.1 Å². The van der Waals surface area contributed by atoms with Crippen molar-refractivity contribution in [2.75, 3.05) is 26.4 Å². The molecule has 0 amide bonds. The minimum atomic E-state index is 0.0599. The van der Waals surface area contributed by atoms with Crippen molar-refractivity contribution < 1.29 is 14.6 Å². The molecule has 0 bridgehead atoms. The molecule has 2 rings (SSSR count). The summed E-state index contributed by atoms with van der Waals surface area (Å²) in [4.78, 5) is 0. The van der Waals surface area contributed by atoms with Crippen LogP contribution in [0.2, 0.25) is 5.02 Å². The van der Waals surface area contributed by atoms with Gasteiger partial charge in [-0.05, 0) is 51.3 Å². The van der Waals surface area contributed by atoms with Crippen LogP contribution in [0.4, 0.5) is 0 Å². The number of halogens is 2. The first-order valence-corrected chi connectivity index (χ1v) is 8.91. The van der Waals surface area contributed by atoms with Crippen molar-refractivity contribution in [1.82, 2.24) is 5.32 Å². The molecule has 0 aliphatic heterocycles. The summed E-state index contributed by atoms with van der Waals surface area (Å²) in [6.45, 7) is 3.02. The molecular weight excluding hydrogens is 394 g/mol. The molecule has 0 spiro atoms. The van der Waals surface area contributed by atoms with Gasteiger partial charge < -0.3 is 19.9 Å². The van der Waals surface area contributed by atoms with Crippen LogP contribution in [-0.2, 0) is 17.9 Å². The van der Waals surface area contributed by atoms with Crippen LogP contribution in [0.25, 0.3) is 0 Å². The summed E-state index contributed by atoms with van der Waals surface area (Å²) >= 11 is 9.42. The van der Waals surface area contributed by atoms with E-state index >= 15 is 0 Å². The van der Waals surface area contributed by atoms with E-state index in [0.717, 1.165) is 39.5 Å². The zero-order chi connectivity index (χ0) is 17.2. The molecule has 0 aromatic heterocycles. The summed E-state index contributed by atoms with van der Waals surface area (Å²) in [5, 5.41) is 12.6. The molecule has 6 heteroatoms. The second kappa shape index (κ2) is 10.7. The van der Waals surface area contributed by atoms with Gasteiger partial charge in [-0.3, -0.25) is 0 Å². The van der Waals surface area contributed by atoms with Gasteiger partial charge >= 0.3 is 0 Å². The predicted octanol–water partition coefficient (Wildman–Crippen LogP) is 3.78. The lowest BCUT2D eigenvalue weighted by Gasteiger charge is -2.11. The van der Waals surface area contributed by atoms with Gasteiger partial charge in [0.2, 0.25) is 0 Å². The van der Waals surface area contributed by atoms with Gasteiger partial charge in [-0.25, -0.2) is 0 Å². The molecule has 2 N–H and O–H groups in total. The predicted molar refractivity (Wildman–Crippen MR) is 99.5 cm³/mol. The van der Waals surface area contributed by atoms with Crippen LogP contribution >= 0.6 is 27.5 Å². The Morgan fingerprint density at radius 1 is 1.04 bits per heavy atom. The van der Waals surface area contributed by atoms with Gasteiger partial charge in [0.15, 0.2) is 0 Å². The van der Waals surface area contributed by atoms with Crippen molar-refractivity contribution in [3.8, 4) is 5.75 Å². The molecule has 0 atom stereocenters. The highest BCUT2D eigenvalue weighted by atomic mass is 79.9. The quantitative estimate of drug-likeness (QED) is 0.581. The van der Waals surface area contributed by atoms with Gasteiger partial charge in [0.25, 0.3) is 0 Å². The summed E-state index contributed by atoms with van der Waals surface area (Å²) in [5.41, 5.74) is 2.22. The van der Waals surface area contributed by atoms with Crippen molar-refractivity contribution in [3.63, 3.8) is 0 Å². The fourth-order valence-corrected chi connectivity index (χ4v) is 2.72. The Bertz CT molecular complexity index is 622. The first-order chi connectivity index (χ1) is 11.7. The average Bonchev–Trinajstić information content (AvgIpc) is 2.59. The molecule has 0 aliphatic rings. The number of ether oxygens (including phenoxy) is 2. The molecule has 0 fully saturated rings. The largest absolute Gasteiger partial charge is 0.488 e. The normalized spacial score (nSPS) is 10.8. The van der Waals surface area contributed by atoms with Gasteiger partial charge in [0.05, 0.1) is 24.3 Å². The Morgan fingerprint density at radius 2 is 1.79 bits per heavy atom. The fraction of sp³-hybridized carbons (Fsp3) is 0.333. The average molecular weight is 415 g/mol. The lowest BCUT2D eigenvalue weighted by atomic mass is 10.2. The Balaban J connectivity index is 1.77. The summed E-state index contributed by atoms with van der Waals surface area (Å²) in [6, 6.07) is 13.6. The minimum Gasteiger partial charge on any atom is -0.488 e. The molecule has 0 saturated heterocycles. The maximum Gasteiger partial charge on any atom is 0.134 e. The molecule has 130 valence electrons. The second-order valence-corrected chi connectivity index (χ2v) is 6.48. The van der Waals surface area contributed by atoms with E-state index in [-0.39, 0.29) is 6.61 Å². The summed E-state index contributed by atoms with van der Waals surface area (Å²) in [5.74, 6) is 0.806. The van der Waals surface area contributed by atoms with Crippen molar-refractivity contribution in [1.29, 1.82) is 0 Å². The van der Waals surface area contributed by atoms with Crippen molar-refractivity contribution in [2.24, 2.45) is 0 Å². The molecule has 4 nitrogen and oxygen atoms in total. The second-order valence-electron chi connectivity index (χ2n) is 5.19. The number of aliphatic hydroxyl groups excluding tert-OH is 1. The third kappa shape index (κ3) is 6.79. The third-order valence-corrected chi connectivity index (χ3v) is 4.16. The van der Waals surface area contributed by atoms with Crippen LogP contribution in [0.1, 0.15) is 11.1 Å². The number of benzene rings is 2. The highest BCUT2D eigenvalue weighted by Crippen LogP contribution is 2.27. The molecule has 0 saturated carbocycles. The van der Waals surface area contributed by atoms with Crippen LogP contribution in [0.15, 0.2) is 46.9 Å². The number of nitrogens with one attached hydrogen (secondary N) is 1.